The first kappa shape index (κ1) is 17.5. The Morgan fingerprint density at radius 2 is 2.17 bits per heavy atom. The van der Waals surface area contributed by atoms with Gasteiger partial charge in [-0.1, -0.05) is 19.9 Å². The lowest BCUT2D eigenvalue weighted by molar-refractivity contribution is 0.223. The molecule has 1 saturated heterocycles. The molecule has 0 bridgehead atoms. The highest BCUT2D eigenvalue weighted by molar-refractivity contribution is 5.80. The fraction of sp³-hybridized carbons (Fsp3) is 0.588. The topological polar surface area (TPSA) is 51.1 Å². The summed E-state index contributed by atoms with van der Waals surface area (Å²) in [5.74, 6) is -0.0741. The molecule has 1 aliphatic rings. The van der Waals surface area contributed by atoms with E-state index in [1.165, 1.54) is 12.1 Å². The highest BCUT2D eigenvalue weighted by Crippen LogP contribution is 2.17. The van der Waals surface area contributed by atoms with E-state index in [1.807, 2.05) is 0 Å². The lowest BCUT2D eigenvalue weighted by Crippen LogP contribution is -2.43. The smallest absolute Gasteiger partial charge is 0.193 e. The van der Waals surface area contributed by atoms with Crippen molar-refractivity contribution in [2.75, 3.05) is 33.2 Å². The predicted molar refractivity (Wildman–Crippen MR) is 91.2 cm³/mol. The second kappa shape index (κ2) is 8.15. The van der Waals surface area contributed by atoms with Crippen LogP contribution in [0.3, 0.4) is 0 Å². The first-order valence-electron chi connectivity index (χ1n) is 8.26. The minimum absolute atomic E-state index is 0.320. The van der Waals surface area contributed by atoms with Gasteiger partial charge in [0.25, 0.3) is 0 Å². The third-order valence-corrected chi connectivity index (χ3v) is 4.47. The zero-order valence-corrected chi connectivity index (χ0v) is 14.2. The van der Waals surface area contributed by atoms with Crippen LogP contribution in [0.4, 0.5) is 4.39 Å². The molecule has 1 atom stereocenters. The molecule has 6 heteroatoms. The van der Waals surface area contributed by atoms with Crippen molar-refractivity contribution in [2.45, 2.75) is 32.9 Å². The number of nitrogens with one attached hydrogen (secondary N) is 1. The number of benzene rings is 1. The highest BCUT2D eigenvalue weighted by Gasteiger charge is 2.27. The first-order valence-corrected chi connectivity index (χ1v) is 8.26. The summed E-state index contributed by atoms with van der Waals surface area (Å²) >= 11 is 0. The maximum Gasteiger partial charge on any atom is 0.193 e. The number of aromatic hydroxyl groups is 1. The molecule has 0 radical (unpaired) electrons. The number of nitrogens with zero attached hydrogens (tertiary/aromatic N) is 3. The van der Waals surface area contributed by atoms with Crippen LogP contribution in [-0.2, 0) is 6.54 Å². The summed E-state index contributed by atoms with van der Waals surface area (Å²) in [4.78, 5) is 9.06. The molecular formula is C17H27FN4O. The van der Waals surface area contributed by atoms with Crippen LogP contribution in [0.15, 0.2) is 23.2 Å². The number of phenols is 1. The van der Waals surface area contributed by atoms with E-state index in [9.17, 15) is 9.50 Å². The summed E-state index contributed by atoms with van der Waals surface area (Å²) in [5, 5.41) is 12.5. The van der Waals surface area contributed by atoms with Crippen LogP contribution in [0.25, 0.3) is 0 Å². The van der Waals surface area contributed by atoms with Gasteiger partial charge in [-0.3, -0.25) is 9.89 Å². The minimum atomic E-state index is -0.595. The van der Waals surface area contributed by atoms with Crippen molar-refractivity contribution in [3.8, 4) is 5.75 Å². The molecule has 2 N–H and O–H groups in total. The van der Waals surface area contributed by atoms with Crippen molar-refractivity contribution in [3.63, 3.8) is 0 Å². The molecule has 2 rings (SSSR count). The number of aliphatic imine (C=N–C) groups is 1. The average molecular weight is 322 g/mol. The lowest BCUT2D eigenvalue weighted by Gasteiger charge is -2.27. The Bertz CT molecular complexity index is 545. The zero-order valence-electron chi connectivity index (χ0n) is 14.2. The third kappa shape index (κ3) is 4.34. The van der Waals surface area contributed by atoms with Gasteiger partial charge in [0.1, 0.15) is 0 Å². The van der Waals surface area contributed by atoms with E-state index in [0.717, 1.165) is 44.1 Å². The summed E-state index contributed by atoms with van der Waals surface area (Å²) in [6.07, 6.45) is 1.14. The molecule has 5 nitrogen and oxygen atoms in total. The summed E-state index contributed by atoms with van der Waals surface area (Å²) in [6.45, 7) is 8.94. The van der Waals surface area contributed by atoms with Gasteiger partial charge in [-0.25, -0.2) is 4.39 Å². The van der Waals surface area contributed by atoms with Gasteiger partial charge >= 0.3 is 0 Å². The summed E-state index contributed by atoms with van der Waals surface area (Å²) < 4.78 is 13.4. The fourth-order valence-corrected chi connectivity index (χ4v) is 3.15. The molecular weight excluding hydrogens is 295 g/mol. The largest absolute Gasteiger partial charge is 0.505 e. The Labute approximate surface area is 137 Å². The van der Waals surface area contributed by atoms with E-state index in [4.69, 9.17) is 0 Å². The van der Waals surface area contributed by atoms with E-state index >= 15 is 0 Å². The van der Waals surface area contributed by atoms with Gasteiger partial charge < -0.3 is 15.3 Å². The number of phenolic OH excluding ortho intramolecular Hbond substituents is 1. The van der Waals surface area contributed by atoms with Gasteiger partial charge in [-0.2, -0.15) is 0 Å². The molecule has 1 unspecified atom stereocenters. The molecule has 1 aromatic rings. The lowest BCUT2D eigenvalue weighted by atomic mass is 10.2. The monoisotopic (exact) mass is 322 g/mol. The summed E-state index contributed by atoms with van der Waals surface area (Å²) in [5.41, 5.74) is 0.779. The molecule has 1 aromatic carbocycles. The second-order valence-electron chi connectivity index (χ2n) is 5.80. The molecule has 128 valence electrons. The van der Waals surface area contributed by atoms with Crippen molar-refractivity contribution < 1.29 is 9.50 Å². The third-order valence-electron chi connectivity index (χ3n) is 4.47. The van der Waals surface area contributed by atoms with E-state index in [2.05, 4.69) is 34.0 Å². The van der Waals surface area contributed by atoms with Crippen LogP contribution in [0.2, 0.25) is 0 Å². The number of rotatable bonds is 5. The SMILES string of the molecule is CCN(CC)C1CCN(C(=NC)NCc2ccc(O)c(F)c2)C1. The van der Waals surface area contributed by atoms with Gasteiger partial charge in [-0.05, 0) is 37.2 Å². The van der Waals surface area contributed by atoms with Gasteiger partial charge in [0, 0.05) is 32.7 Å². The summed E-state index contributed by atoms with van der Waals surface area (Å²) in [7, 11) is 1.77. The Balaban J connectivity index is 1.92. The zero-order chi connectivity index (χ0) is 16.8. The van der Waals surface area contributed by atoms with Crippen LogP contribution >= 0.6 is 0 Å². The van der Waals surface area contributed by atoms with Gasteiger partial charge in [0.05, 0.1) is 0 Å². The standard InChI is InChI=1S/C17H27FN4O/c1-4-21(5-2)14-8-9-22(12-14)17(19-3)20-11-13-6-7-16(23)15(18)10-13/h6-7,10,14,23H,4-5,8-9,11-12H2,1-3H3,(H,19,20). The van der Waals surface area contributed by atoms with Crippen molar-refractivity contribution >= 4 is 5.96 Å². The van der Waals surface area contributed by atoms with Crippen LogP contribution in [-0.4, -0.2) is 60.1 Å². The Hall–Kier alpha value is -1.82. The van der Waals surface area contributed by atoms with Crippen LogP contribution in [0.5, 0.6) is 5.75 Å². The Kier molecular flexibility index (Phi) is 6.21. The molecule has 1 aliphatic heterocycles. The van der Waals surface area contributed by atoms with E-state index in [0.29, 0.717) is 12.6 Å². The number of hydrogen-bond acceptors (Lipinski definition) is 3. The first-order chi connectivity index (χ1) is 11.1. The number of hydrogen-bond donors (Lipinski definition) is 2. The number of halogens is 1. The fourth-order valence-electron chi connectivity index (χ4n) is 3.15. The molecule has 0 aliphatic carbocycles. The van der Waals surface area contributed by atoms with Crippen molar-refractivity contribution in [1.29, 1.82) is 0 Å². The van der Waals surface area contributed by atoms with Crippen LogP contribution < -0.4 is 5.32 Å². The Morgan fingerprint density at radius 3 is 2.78 bits per heavy atom. The maximum absolute atomic E-state index is 13.4. The molecule has 0 spiro atoms. The molecule has 23 heavy (non-hydrogen) atoms. The van der Waals surface area contributed by atoms with Crippen molar-refractivity contribution in [2.24, 2.45) is 4.99 Å². The highest BCUT2D eigenvalue weighted by atomic mass is 19.1. The number of likely N-dealkylation sites (N-methyl/N-ethyl adjacent to an activating group) is 1. The predicted octanol–water partition coefficient (Wildman–Crippen LogP) is 2.02. The molecule has 1 heterocycles. The van der Waals surface area contributed by atoms with Crippen LogP contribution in [0, 0.1) is 5.82 Å². The maximum atomic E-state index is 13.4. The Morgan fingerprint density at radius 1 is 1.43 bits per heavy atom. The van der Waals surface area contributed by atoms with Gasteiger partial charge in [0.2, 0.25) is 0 Å². The van der Waals surface area contributed by atoms with E-state index in [1.54, 1.807) is 13.1 Å². The molecule has 0 amide bonds. The number of likely N-dealkylation sites (tertiary alicyclic amines) is 1. The normalized spacial score (nSPS) is 18.7. The van der Waals surface area contributed by atoms with Gasteiger partial charge in [0.15, 0.2) is 17.5 Å². The quantitative estimate of drug-likeness (QED) is 0.643. The van der Waals surface area contributed by atoms with E-state index < -0.39 is 5.82 Å². The van der Waals surface area contributed by atoms with Crippen molar-refractivity contribution in [1.82, 2.24) is 15.1 Å². The summed E-state index contributed by atoms with van der Waals surface area (Å²) in [6, 6.07) is 5.00. The second-order valence-corrected chi connectivity index (χ2v) is 5.80. The van der Waals surface area contributed by atoms with Gasteiger partial charge in [-0.15, -0.1) is 0 Å². The molecule has 0 aromatic heterocycles. The molecule has 1 fully saturated rings. The number of guanidine groups is 1. The molecule has 0 saturated carbocycles. The van der Waals surface area contributed by atoms with E-state index in [-0.39, 0.29) is 5.75 Å². The minimum Gasteiger partial charge on any atom is -0.505 e. The van der Waals surface area contributed by atoms with Crippen molar-refractivity contribution in [3.05, 3.63) is 29.6 Å². The average Bonchev–Trinajstić information content (AvgIpc) is 3.02. The van der Waals surface area contributed by atoms with Crippen LogP contribution in [0.1, 0.15) is 25.8 Å².